The number of amides is 1. The Morgan fingerprint density at radius 2 is 1.96 bits per heavy atom. The van der Waals surface area contributed by atoms with Gasteiger partial charge in [0.1, 0.15) is 18.4 Å². The van der Waals surface area contributed by atoms with Crippen molar-refractivity contribution in [3.8, 4) is 11.4 Å². The van der Waals surface area contributed by atoms with Gasteiger partial charge in [0.15, 0.2) is 5.69 Å². The highest BCUT2D eigenvalue weighted by molar-refractivity contribution is 6.03. The fraction of sp³-hybridized carbons (Fsp3) is 0.200. The number of nitrogens with one attached hydrogen (secondary N) is 1. The molecule has 0 saturated heterocycles. The third-order valence-electron chi connectivity index (χ3n) is 3.49. The first kappa shape index (κ1) is 14.8. The van der Waals surface area contributed by atoms with Gasteiger partial charge in [-0.25, -0.2) is 0 Å². The third-order valence-corrected chi connectivity index (χ3v) is 3.49. The van der Waals surface area contributed by atoms with Crippen LogP contribution in [0.3, 0.4) is 0 Å². The SMILES string of the molecule is COc1ccc(-n2cnnc2)cc1NC(=O)c1cc(C)n(C)n1. The number of nitrogens with zero attached hydrogens (tertiary/aromatic N) is 5. The molecule has 0 spiro atoms. The zero-order valence-electron chi connectivity index (χ0n) is 13.0. The van der Waals surface area contributed by atoms with Gasteiger partial charge in [-0.1, -0.05) is 0 Å². The van der Waals surface area contributed by atoms with Crippen molar-refractivity contribution in [3.05, 3.63) is 48.3 Å². The number of anilines is 1. The van der Waals surface area contributed by atoms with Crippen molar-refractivity contribution in [3.63, 3.8) is 0 Å². The Morgan fingerprint density at radius 3 is 2.57 bits per heavy atom. The molecule has 0 aliphatic rings. The van der Waals surface area contributed by atoms with Crippen molar-refractivity contribution in [2.45, 2.75) is 6.92 Å². The molecule has 0 unspecified atom stereocenters. The molecule has 1 N–H and O–H groups in total. The van der Waals surface area contributed by atoms with Gasteiger partial charge in [0, 0.05) is 12.7 Å². The lowest BCUT2D eigenvalue weighted by Gasteiger charge is -2.11. The highest BCUT2D eigenvalue weighted by atomic mass is 16.5. The second-order valence-corrected chi connectivity index (χ2v) is 5.00. The lowest BCUT2D eigenvalue weighted by molar-refractivity contribution is 0.102. The molecule has 3 rings (SSSR count). The molecule has 0 atom stereocenters. The van der Waals surface area contributed by atoms with E-state index >= 15 is 0 Å². The van der Waals surface area contributed by atoms with Gasteiger partial charge in [-0.05, 0) is 31.2 Å². The number of benzene rings is 1. The normalized spacial score (nSPS) is 10.6. The van der Waals surface area contributed by atoms with Crippen LogP contribution in [-0.4, -0.2) is 37.6 Å². The van der Waals surface area contributed by atoms with Crippen LogP contribution < -0.4 is 10.1 Å². The Hall–Kier alpha value is -3.16. The van der Waals surface area contributed by atoms with Gasteiger partial charge in [0.25, 0.3) is 5.91 Å². The molecule has 2 aromatic heterocycles. The van der Waals surface area contributed by atoms with Crippen LogP contribution in [0.5, 0.6) is 5.75 Å². The molecule has 8 nitrogen and oxygen atoms in total. The van der Waals surface area contributed by atoms with Gasteiger partial charge in [0.2, 0.25) is 0 Å². The lowest BCUT2D eigenvalue weighted by atomic mass is 10.2. The summed E-state index contributed by atoms with van der Waals surface area (Å²) >= 11 is 0. The molecule has 0 bridgehead atoms. The zero-order chi connectivity index (χ0) is 16.4. The smallest absolute Gasteiger partial charge is 0.276 e. The van der Waals surface area contributed by atoms with Gasteiger partial charge in [-0.3, -0.25) is 14.0 Å². The summed E-state index contributed by atoms with van der Waals surface area (Å²) < 4.78 is 8.69. The first-order valence-corrected chi connectivity index (χ1v) is 6.93. The second-order valence-electron chi connectivity index (χ2n) is 5.00. The van der Waals surface area contributed by atoms with E-state index < -0.39 is 0 Å². The van der Waals surface area contributed by atoms with Crippen LogP contribution in [0.15, 0.2) is 36.9 Å². The molecule has 1 aromatic carbocycles. The fourth-order valence-corrected chi connectivity index (χ4v) is 2.15. The van der Waals surface area contributed by atoms with Crippen LogP contribution in [0.25, 0.3) is 5.69 Å². The molecule has 118 valence electrons. The van der Waals surface area contributed by atoms with E-state index in [1.165, 1.54) is 0 Å². The number of hydrogen-bond donors (Lipinski definition) is 1. The number of methoxy groups -OCH3 is 1. The molecule has 0 fully saturated rings. The Bertz CT molecular complexity index is 818. The molecule has 23 heavy (non-hydrogen) atoms. The summed E-state index contributed by atoms with van der Waals surface area (Å²) in [6.45, 7) is 1.89. The number of carbonyl (C=O) groups excluding carboxylic acids is 1. The van der Waals surface area contributed by atoms with E-state index in [9.17, 15) is 4.79 Å². The second kappa shape index (κ2) is 5.91. The maximum atomic E-state index is 12.4. The number of ether oxygens (including phenoxy) is 1. The number of aryl methyl sites for hydroxylation is 2. The van der Waals surface area contributed by atoms with E-state index in [0.717, 1.165) is 11.4 Å². The van der Waals surface area contributed by atoms with E-state index in [-0.39, 0.29) is 5.91 Å². The summed E-state index contributed by atoms with van der Waals surface area (Å²) in [6, 6.07) is 7.14. The average Bonchev–Trinajstić information content (AvgIpc) is 3.18. The Labute approximate surface area is 132 Å². The summed E-state index contributed by atoms with van der Waals surface area (Å²) in [7, 11) is 3.34. The number of rotatable bonds is 4. The minimum Gasteiger partial charge on any atom is -0.495 e. The summed E-state index contributed by atoms with van der Waals surface area (Å²) in [4.78, 5) is 12.4. The highest BCUT2D eigenvalue weighted by Gasteiger charge is 2.14. The molecule has 0 aliphatic carbocycles. The van der Waals surface area contributed by atoms with Crippen LogP contribution in [-0.2, 0) is 7.05 Å². The Kier molecular flexibility index (Phi) is 3.80. The molecule has 0 radical (unpaired) electrons. The summed E-state index contributed by atoms with van der Waals surface area (Å²) in [5, 5.41) is 14.5. The molecule has 1 amide bonds. The van der Waals surface area contributed by atoms with Crippen molar-refractivity contribution < 1.29 is 9.53 Å². The molecule has 3 aromatic rings. The number of aromatic nitrogens is 5. The van der Waals surface area contributed by atoms with Crippen molar-refractivity contribution in [1.82, 2.24) is 24.5 Å². The molecule has 0 aliphatic heterocycles. The van der Waals surface area contributed by atoms with Gasteiger partial charge in [0.05, 0.1) is 18.5 Å². The van der Waals surface area contributed by atoms with E-state index in [2.05, 4.69) is 20.6 Å². The number of hydrogen-bond acceptors (Lipinski definition) is 5. The zero-order valence-corrected chi connectivity index (χ0v) is 13.0. The third kappa shape index (κ3) is 2.91. The average molecular weight is 312 g/mol. The van der Waals surface area contributed by atoms with Gasteiger partial charge in [-0.2, -0.15) is 5.10 Å². The molecular weight excluding hydrogens is 296 g/mol. The Morgan fingerprint density at radius 1 is 1.22 bits per heavy atom. The summed E-state index contributed by atoms with van der Waals surface area (Å²) in [5.74, 6) is 0.260. The fourth-order valence-electron chi connectivity index (χ4n) is 2.15. The minimum absolute atomic E-state index is 0.298. The topological polar surface area (TPSA) is 86.9 Å². The van der Waals surface area contributed by atoms with Crippen molar-refractivity contribution in [1.29, 1.82) is 0 Å². The van der Waals surface area contributed by atoms with Crippen LogP contribution in [0.1, 0.15) is 16.2 Å². The molecule has 2 heterocycles. The van der Waals surface area contributed by atoms with Gasteiger partial charge in [-0.15, -0.1) is 10.2 Å². The maximum Gasteiger partial charge on any atom is 0.276 e. The molecular formula is C15H16N6O2. The molecule has 0 saturated carbocycles. The summed E-state index contributed by atoms with van der Waals surface area (Å²) in [6.07, 6.45) is 3.16. The summed E-state index contributed by atoms with van der Waals surface area (Å²) in [5.41, 5.74) is 2.61. The Balaban J connectivity index is 1.91. The quantitative estimate of drug-likeness (QED) is 0.790. The van der Waals surface area contributed by atoms with Crippen LogP contribution in [0.2, 0.25) is 0 Å². The van der Waals surface area contributed by atoms with Crippen molar-refractivity contribution >= 4 is 11.6 Å². The van der Waals surface area contributed by atoms with E-state index in [1.807, 2.05) is 13.0 Å². The largest absolute Gasteiger partial charge is 0.495 e. The first-order valence-electron chi connectivity index (χ1n) is 6.93. The van der Waals surface area contributed by atoms with Crippen molar-refractivity contribution in [2.75, 3.05) is 12.4 Å². The first-order chi connectivity index (χ1) is 11.1. The lowest BCUT2D eigenvalue weighted by Crippen LogP contribution is -2.14. The minimum atomic E-state index is -0.298. The van der Waals surface area contributed by atoms with E-state index in [0.29, 0.717) is 17.1 Å². The monoisotopic (exact) mass is 312 g/mol. The van der Waals surface area contributed by atoms with E-state index in [4.69, 9.17) is 4.74 Å². The molecule has 8 heteroatoms. The predicted octanol–water partition coefficient (Wildman–Crippen LogP) is 1.57. The van der Waals surface area contributed by atoms with Crippen LogP contribution >= 0.6 is 0 Å². The maximum absolute atomic E-state index is 12.4. The van der Waals surface area contributed by atoms with Gasteiger partial charge >= 0.3 is 0 Å². The van der Waals surface area contributed by atoms with Gasteiger partial charge < -0.3 is 10.1 Å². The van der Waals surface area contributed by atoms with Crippen LogP contribution in [0, 0.1) is 6.92 Å². The highest BCUT2D eigenvalue weighted by Crippen LogP contribution is 2.27. The van der Waals surface area contributed by atoms with Crippen molar-refractivity contribution in [2.24, 2.45) is 7.05 Å². The predicted molar refractivity (Wildman–Crippen MR) is 83.8 cm³/mol. The van der Waals surface area contributed by atoms with Crippen LogP contribution in [0.4, 0.5) is 5.69 Å². The standard InChI is InChI=1S/C15H16N6O2/c1-10-6-13(19-20(10)2)15(22)18-12-7-11(4-5-14(12)23-3)21-8-16-17-9-21/h4-9H,1-3H3,(H,18,22). The van der Waals surface area contributed by atoms with E-state index in [1.54, 1.807) is 54.3 Å². The number of carbonyl (C=O) groups is 1.